The third-order valence-electron chi connectivity index (χ3n) is 3.30. The van der Waals surface area contributed by atoms with Crippen LogP contribution in [0.1, 0.15) is 5.82 Å². The van der Waals surface area contributed by atoms with Crippen molar-refractivity contribution in [2.45, 2.75) is 6.04 Å². The van der Waals surface area contributed by atoms with Gasteiger partial charge in [-0.15, -0.1) is 0 Å². The number of nitrogens with two attached hydrogens (primary N) is 1. The molecule has 0 radical (unpaired) electrons. The fourth-order valence-electron chi connectivity index (χ4n) is 2.39. The van der Waals surface area contributed by atoms with Crippen molar-refractivity contribution in [2.24, 2.45) is 5.73 Å². The zero-order valence-corrected chi connectivity index (χ0v) is 10.5. The quantitative estimate of drug-likeness (QED) is 0.585. The van der Waals surface area contributed by atoms with Gasteiger partial charge in [0.25, 0.3) is 0 Å². The Labute approximate surface area is 114 Å². The summed E-state index contributed by atoms with van der Waals surface area (Å²) < 4.78 is 1.76. The van der Waals surface area contributed by atoms with E-state index in [-0.39, 0.29) is 6.04 Å². The van der Waals surface area contributed by atoms with E-state index in [4.69, 9.17) is 5.73 Å². The van der Waals surface area contributed by atoms with Crippen molar-refractivity contribution in [3.05, 3.63) is 30.4 Å². The fraction of sp³-hybridized carbons (Fsp3) is 0.250. The fourth-order valence-corrected chi connectivity index (χ4v) is 2.39. The number of nitrogens with zero attached hydrogens (tertiary/aromatic N) is 4. The van der Waals surface area contributed by atoms with Crippen LogP contribution in [0, 0.1) is 0 Å². The third-order valence-corrected chi connectivity index (χ3v) is 3.30. The molecule has 0 spiro atoms. The summed E-state index contributed by atoms with van der Waals surface area (Å²) in [7, 11) is 0. The second-order valence-electron chi connectivity index (χ2n) is 4.62. The van der Waals surface area contributed by atoms with E-state index in [1.165, 1.54) is 12.2 Å². The molecular formula is C12H13N5O3. The van der Waals surface area contributed by atoms with Crippen molar-refractivity contribution in [2.75, 3.05) is 13.1 Å². The minimum Gasteiger partial charge on any atom is -0.366 e. The summed E-state index contributed by atoms with van der Waals surface area (Å²) in [6, 6.07) is -0.766. The van der Waals surface area contributed by atoms with Gasteiger partial charge in [-0.05, 0) is 12.2 Å². The van der Waals surface area contributed by atoms with Crippen molar-refractivity contribution >= 4 is 23.7 Å². The van der Waals surface area contributed by atoms with Crippen molar-refractivity contribution in [3.8, 4) is 0 Å². The van der Waals surface area contributed by atoms with Crippen LogP contribution < -0.4 is 5.73 Å². The highest BCUT2D eigenvalue weighted by Gasteiger charge is 2.39. The van der Waals surface area contributed by atoms with Gasteiger partial charge >= 0.3 is 6.03 Å². The average molecular weight is 275 g/mol. The van der Waals surface area contributed by atoms with E-state index < -0.39 is 11.9 Å². The largest absolute Gasteiger partial charge is 0.366 e. The molecule has 3 amide bonds. The van der Waals surface area contributed by atoms with Gasteiger partial charge in [0.05, 0.1) is 12.6 Å². The summed E-state index contributed by atoms with van der Waals surface area (Å²) in [5.74, 6) is -0.0211. The lowest BCUT2D eigenvalue weighted by molar-refractivity contribution is -0.113. The van der Waals surface area contributed by atoms with Crippen molar-refractivity contribution in [1.29, 1.82) is 0 Å². The molecule has 1 atom stereocenters. The lowest BCUT2D eigenvalue weighted by Crippen LogP contribution is -2.31. The van der Waals surface area contributed by atoms with Crippen LogP contribution in [-0.2, 0) is 4.79 Å². The number of hydrogen-bond donors (Lipinski definition) is 2. The van der Waals surface area contributed by atoms with E-state index in [0.717, 1.165) is 10.8 Å². The Morgan fingerprint density at radius 3 is 3.05 bits per heavy atom. The Morgan fingerprint density at radius 2 is 2.35 bits per heavy atom. The van der Waals surface area contributed by atoms with Gasteiger partial charge < -0.3 is 15.2 Å². The molecule has 3 heterocycles. The van der Waals surface area contributed by atoms with E-state index in [1.54, 1.807) is 21.9 Å². The first-order valence-electron chi connectivity index (χ1n) is 6.05. The molecule has 1 fully saturated rings. The topological polar surface area (TPSA) is 105 Å². The summed E-state index contributed by atoms with van der Waals surface area (Å²) >= 11 is 0. The highest BCUT2D eigenvalue weighted by atomic mass is 16.5. The molecule has 2 aliphatic rings. The smallest absolute Gasteiger partial charge is 0.344 e. The summed E-state index contributed by atoms with van der Waals surface area (Å²) in [5.41, 5.74) is 5.87. The Kier molecular flexibility index (Phi) is 2.79. The summed E-state index contributed by atoms with van der Waals surface area (Å²) in [6.45, 7) is 0.847. The van der Waals surface area contributed by atoms with Crippen LogP contribution in [0.3, 0.4) is 0 Å². The molecule has 1 aromatic heterocycles. The minimum absolute atomic E-state index is 0.360. The number of hydrogen-bond acceptors (Lipinski definition) is 4. The highest BCUT2D eigenvalue weighted by Crippen LogP contribution is 2.25. The summed E-state index contributed by atoms with van der Waals surface area (Å²) in [4.78, 5) is 28.1. The first kappa shape index (κ1) is 12.4. The second-order valence-corrected chi connectivity index (χ2v) is 4.62. The van der Waals surface area contributed by atoms with E-state index in [2.05, 4.69) is 4.98 Å². The number of carbonyl (C=O) groups is 2. The number of amides is 3. The Morgan fingerprint density at radius 1 is 1.55 bits per heavy atom. The molecule has 3 N–H and O–H groups in total. The Bertz CT molecular complexity index is 633. The molecule has 2 bridgehead atoms. The molecule has 1 aromatic rings. The van der Waals surface area contributed by atoms with Gasteiger partial charge in [-0.3, -0.25) is 10.0 Å². The van der Waals surface area contributed by atoms with Gasteiger partial charge in [0, 0.05) is 30.7 Å². The predicted molar refractivity (Wildman–Crippen MR) is 69.1 cm³/mol. The van der Waals surface area contributed by atoms with Gasteiger partial charge in [-0.25, -0.2) is 9.78 Å². The molecule has 0 aromatic carbocycles. The van der Waals surface area contributed by atoms with Crippen molar-refractivity contribution in [1.82, 2.24) is 19.5 Å². The molecule has 104 valence electrons. The summed E-state index contributed by atoms with van der Waals surface area (Å²) in [6.07, 6.45) is 7.86. The lowest BCUT2D eigenvalue weighted by Gasteiger charge is -2.22. The molecule has 3 rings (SSSR count). The van der Waals surface area contributed by atoms with Gasteiger partial charge in [0.1, 0.15) is 5.82 Å². The number of primary amides is 1. The number of hydroxylamine groups is 2. The van der Waals surface area contributed by atoms with Crippen molar-refractivity contribution < 1.29 is 14.8 Å². The monoisotopic (exact) mass is 275 g/mol. The van der Waals surface area contributed by atoms with Gasteiger partial charge in [0.15, 0.2) is 0 Å². The van der Waals surface area contributed by atoms with E-state index >= 15 is 0 Å². The van der Waals surface area contributed by atoms with E-state index in [1.807, 2.05) is 6.08 Å². The predicted octanol–water partition coefficient (Wildman–Crippen LogP) is -0.268. The number of urea groups is 1. The standard InChI is InChI=1S/C12H13N5O3/c13-10(18)1-2-11-14-3-4-16(11)8-5-9-7-15(6-8)12(19)17(9)20/h1-5,9,20H,6-7H2,(H2,13,18)/b2-1+. The molecule has 8 heteroatoms. The van der Waals surface area contributed by atoms with E-state index in [0.29, 0.717) is 18.9 Å². The SMILES string of the molecule is NC(=O)/C=C/c1nccn1C1=CC2CN(C1)C(=O)N2O. The molecule has 1 unspecified atom stereocenters. The molecule has 2 aliphatic heterocycles. The number of fused-ring (bicyclic) bond motifs is 2. The van der Waals surface area contributed by atoms with Crippen LogP contribution in [0.4, 0.5) is 4.79 Å². The summed E-state index contributed by atoms with van der Waals surface area (Å²) in [5, 5.41) is 10.4. The molecule has 8 nitrogen and oxygen atoms in total. The van der Waals surface area contributed by atoms with Crippen LogP contribution in [0.2, 0.25) is 0 Å². The average Bonchev–Trinajstić information content (AvgIpc) is 2.97. The normalized spacial score (nSPS) is 21.8. The van der Waals surface area contributed by atoms with Gasteiger partial charge in [-0.1, -0.05) is 0 Å². The molecule has 0 aliphatic carbocycles. The van der Waals surface area contributed by atoms with Gasteiger partial charge in [-0.2, -0.15) is 5.06 Å². The zero-order chi connectivity index (χ0) is 14.3. The number of aromatic nitrogens is 2. The molecular weight excluding hydrogens is 262 g/mol. The number of carbonyl (C=O) groups excluding carboxylic acids is 2. The first-order valence-corrected chi connectivity index (χ1v) is 6.05. The highest BCUT2D eigenvalue weighted by molar-refractivity contribution is 5.90. The zero-order valence-electron chi connectivity index (χ0n) is 10.5. The molecule has 1 saturated heterocycles. The lowest BCUT2D eigenvalue weighted by atomic mass is 10.2. The van der Waals surface area contributed by atoms with Crippen LogP contribution in [0.5, 0.6) is 0 Å². The van der Waals surface area contributed by atoms with Crippen LogP contribution in [-0.4, -0.2) is 55.8 Å². The Balaban J connectivity index is 1.92. The first-order chi connectivity index (χ1) is 9.56. The van der Waals surface area contributed by atoms with Gasteiger partial charge in [0.2, 0.25) is 5.91 Å². The van der Waals surface area contributed by atoms with Crippen LogP contribution >= 0.6 is 0 Å². The minimum atomic E-state index is -0.558. The maximum Gasteiger partial charge on any atom is 0.344 e. The maximum atomic E-state index is 11.7. The van der Waals surface area contributed by atoms with Crippen molar-refractivity contribution in [3.63, 3.8) is 0 Å². The third kappa shape index (κ3) is 1.95. The number of rotatable bonds is 3. The Hall–Kier alpha value is -2.61. The molecule has 20 heavy (non-hydrogen) atoms. The molecule has 0 saturated carbocycles. The van der Waals surface area contributed by atoms with Crippen LogP contribution in [0.15, 0.2) is 24.5 Å². The van der Waals surface area contributed by atoms with E-state index in [9.17, 15) is 14.8 Å². The second kappa shape index (κ2) is 4.49. The number of imidazole rings is 1. The maximum absolute atomic E-state index is 11.7. The van der Waals surface area contributed by atoms with Crippen LogP contribution in [0.25, 0.3) is 11.8 Å².